The Morgan fingerprint density at radius 2 is 1.94 bits per heavy atom. The molecular weight excluding hydrogens is 273 g/mol. The van der Waals surface area contributed by atoms with Crippen LogP contribution in [0.4, 0.5) is 0 Å². The molecule has 0 aliphatic rings. The van der Waals surface area contributed by atoms with Crippen molar-refractivity contribution in [2.75, 3.05) is 13.2 Å². The summed E-state index contributed by atoms with van der Waals surface area (Å²) in [4.78, 5) is 30.0. The lowest BCUT2D eigenvalue weighted by Gasteiger charge is -2.20. The molecule has 0 bridgehead atoms. The van der Waals surface area contributed by atoms with E-state index in [-0.39, 0.29) is 0 Å². The molecule has 3 atom stereocenters. The van der Waals surface area contributed by atoms with Crippen LogP contribution in [0, 0.1) is 0 Å². The van der Waals surface area contributed by atoms with Crippen LogP contribution in [0.15, 0.2) is 5.11 Å². The minimum atomic E-state index is -4.87. The van der Waals surface area contributed by atoms with Gasteiger partial charge in [-0.15, -0.1) is 0 Å². The van der Waals surface area contributed by atoms with Crippen LogP contribution < -0.4 is 0 Å². The second kappa shape index (κ2) is 7.41. The van der Waals surface area contributed by atoms with Crippen LogP contribution >= 0.6 is 7.82 Å². The molecule has 0 amide bonds. The molecule has 0 radical (unpaired) electrons. The van der Waals surface area contributed by atoms with Crippen LogP contribution in [0.1, 0.15) is 0 Å². The Bertz CT molecular complexity index is 377. The van der Waals surface area contributed by atoms with E-state index in [0.29, 0.717) is 0 Å². The van der Waals surface area contributed by atoms with Gasteiger partial charge in [0.05, 0.1) is 12.6 Å². The van der Waals surface area contributed by atoms with Crippen molar-refractivity contribution in [2.24, 2.45) is 5.11 Å². The molecule has 18 heavy (non-hydrogen) atoms. The first-order valence-corrected chi connectivity index (χ1v) is 6.00. The average Bonchev–Trinajstić information content (AvgIpc) is 2.29. The van der Waals surface area contributed by atoms with Crippen molar-refractivity contribution in [3.05, 3.63) is 10.4 Å². The van der Waals surface area contributed by atoms with Gasteiger partial charge in [-0.2, -0.15) is 0 Å². The molecule has 0 saturated carbocycles. The van der Waals surface area contributed by atoms with Crippen molar-refractivity contribution in [3.8, 4) is 0 Å². The normalized spacial score (nSPS) is 16.5. The first kappa shape index (κ1) is 17.0. The van der Waals surface area contributed by atoms with Crippen LogP contribution in [-0.4, -0.2) is 62.4 Å². The van der Waals surface area contributed by atoms with E-state index in [1.54, 1.807) is 0 Å². The molecule has 0 spiro atoms. The van der Waals surface area contributed by atoms with E-state index in [1.165, 1.54) is 0 Å². The number of phosphoric ester groups is 1. The SMILES string of the molecule is [N-]=[N+]=NCC(O)[C@H](O)[C@@H](O)C(=O)COP(=O)(O)O. The van der Waals surface area contributed by atoms with E-state index in [0.717, 1.165) is 0 Å². The summed E-state index contributed by atoms with van der Waals surface area (Å²) in [6, 6.07) is 0. The number of azide groups is 1. The Hall–Kier alpha value is -1.03. The molecule has 0 fully saturated rings. The number of carbonyl (C=O) groups excluding carboxylic acids is 1. The fraction of sp³-hybridized carbons (Fsp3) is 0.833. The number of rotatable bonds is 8. The van der Waals surface area contributed by atoms with Crippen molar-refractivity contribution < 1.29 is 39.0 Å². The van der Waals surface area contributed by atoms with Crippen molar-refractivity contribution in [3.63, 3.8) is 0 Å². The molecule has 12 heteroatoms. The van der Waals surface area contributed by atoms with Gasteiger partial charge in [0.1, 0.15) is 18.8 Å². The average molecular weight is 285 g/mol. The molecule has 1 unspecified atom stereocenters. The Labute approximate surface area is 100 Å². The molecule has 0 aromatic carbocycles. The highest BCUT2D eigenvalue weighted by molar-refractivity contribution is 7.46. The van der Waals surface area contributed by atoms with E-state index >= 15 is 0 Å². The third kappa shape index (κ3) is 6.64. The minimum Gasteiger partial charge on any atom is -0.390 e. The number of ketones is 1. The fourth-order valence-electron chi connectivity index (χ4n) is 0.862. The maximum atomic E-state index is 11.1. The largest absolute Gasteiger partial charge is 0.470 e. The smallest absolute Gasteiger partial charge is 0.390 e. The first-order chi connectivity index (χ1) is 8.19. The van der Waals surface area contributed by atoms with Gasteiger partial charge >= 0.3 is 7.82 Å². The van der Waals surface area contributed by atoms with Crippen LogP contribution in [0.2, 0.25) is 0 Å². The predicted molar refractivity (Wildman–Crippen MR) is 55.0 cm³/mol. The molecule has 0 aliphatic carbocycles. The third-order valence-corrected chi connectivity index (χ3v) is 2.22. The van der Waals surface area contributed by atoms with E-state index in [2.05, 4.69) is 14.5 Å². The molecule has 104 valence electrons. The van der Waals surface area contributed by atoms with Crippen LogP contribution in [0.5, 0.6) is 0 Å². The third-order valence-electron chi connectivity index (χ3n) is 1.75. The summed E-state index contributed by atoms with van der Waals surface area (Å²) >= 11 is 0. The molecule has 11 nitrogen and oxygen atoms in total. The number of aliphatic hydroxyl groups excluding tert-OH is 3. The van der Waals surface area contributed by atoms with Gasteiger partial charge in [-0.1, -0.05) is 5.11 Å². The number of hydrogen-bond donors (Lipinski definition) is 5. The highest BCUT2D eigenvalue weighted by atomic mass is 31.2. The molecule has 5 N–H and O–H groups in total. The second-order valence-corrected chi connectivity index (χ2v) is 4.39. The lowest BCUT2D eigenvalue weighted by Crippen LogP contribution is -2.44. The zero-order chi connectivity index (χ0) is 14.3. The topological polar surface area (TPSA) is 193 Å². The number of nitrogens with zero attached hydrogens (tertiary/aromatic N) is 3. The van der Waals surface area contributed by atoms with Gasteiger partial charge in [-0.3, -0.25) is 9.32 Å². The molecule has 0 heterocycles. The summed E-state index contributed by atoms with van der Waals surface area (Å²) in [5, 5.41) is 30.6. The molecule has 0 aromatic heterocycles. The lowest BCUT2D eigenvalue weighted by atomic mass is 10.1. The van der Waals surface area contributed by atoms with Crippen molar-refractivity contribution in [2.45, 2.75) is 18.3 Å². The predicted octanol–water partition coefficient (Wildman–Crippen LogP) is -1.94. The standard InChI is InChI=1S/C6H12N3O8P/c7-9-8-1-3(10)5(12)6(13)4(11)2-17-18(14,15)16/h3,5-6,10,12-13H,1-2H2,(H2,14,15,16)/t3?,5-,6-/m0/s1. The summed E-state index contributed by atoms with van der Waals surface area (Å²) in [6.45, 7) is -1.72. The molecule has 0 saturated heterocycles. The van der Waals surface area contributed by atoms with E-state index < -0.39 is 45.1 Å². The summed E-state index contributed by atoms with van der Waals surface area (Å²) in [5.74, 6) is -1.24. The number of aliphatic hydroxyl groups is 3. The maximum Gasteiger partial charge on any atom is 0.470 e. The lowest BCUT2D eigenvalue weighted by molar-refractivity contribution is -0.140. The number of phosphoric acid groups is 1. The Balaban J connectivity index is 4.35. The minimum absolute atomic E-state index is 0.582. The van der Waals surface area contributed by atoms with E-state index in [4.69, 9.17) is 15.3 Å². The van der Waals surface area contributed by atoms with Gasteiger partial charge in [-0.05, 0) is 5.53 Å². The summed E-state index contributed by atoms with van der Waals surface area (Å²) < 4.78 is 14.1. The Kier molecular flexibility index (Phi) is 6.99. The molecular formula is C6H12N3O8P. The van der Waals surface area contributed by atoms with Crippen LogP contribution in [-0.2, 0) is 13.9 Å². The number of hydrogen-bond acceptors (Lipinski definition) is 7. The fourth-order valence-corrected chi connectivity index (χ4v) is 1.16. The van der Waals surface area contributed by atoms with Crippen LogP contribution in [0.25, 0.3) is 10.4 Å². The molecule has 0 rings (SSSR count). The van der Waals surface area contributed by atoms with E-state index in [1.807, 2.05) is 0 Å². The van der Waals surface area contributed by atoms with Gasteiger partial charge < -0.3 is 25.1 Å². The highest BCUT2D eigenvalue weighted by Gasteiger charge is 2.31. The van der Waals surface area contributed by atoms with Crippen molar-refractivity contribution in [1.82, 2.24) is 0 Å². The Morgan fingerprint density at radius 1 is 1.39 bits per heavy atom. The molecule has 0 aromatic rings. The number of Topliss-reactive ketones (excluding diaryl/α,β-unsaturated/α-hetero) is 1. The van der Waals surface area contributed by atoms with Crippen molar-refractivity contribution in [1.29, 1.82) is 0 Å². The second-order valence-electron chi connectivity index (χ2n) is 3.15. The Morgan fingerprint density at radius 3 is 2.39 bits per heavy atom. The zero-order valence-electron chi connectivity index (χ0n) is 8.90. The summed E-state index contributed by atoms with van der Waals surface area (Å²) in [7, 11) is -4.87. The molecule has 0 aliphatic heterocycles. The first-order valence-electron chi connectivity index (χ1n) is 4.47. The quantitative estimate of drug-likeness (QED) is 0.147. The van der Waals surface area contributed by atoms with Crippen molar-refractivity contribution >= 4 is 13.6 Å². The van der Waals surface area contributed by atoms with Crippen LogP contribution in [0.3, 0.4) is 0 Å². The van der Waals surface area contributed by atoms with Gasteiger partial charge in [0, 0.05) is 4.91 Å². The summed E-state index contributed by atoms with van der Waals surface area (Å²) in [6.07, 6.45) is -5.79. The maximum absolute atomic E-state index is 11.1. The monoisotopic (exact) mass is 285 g/mol. The van der Waals surface area contributed by atoms with E-state index in [9.17, 15) is 24.7 Å². The van der Waals surface area contributed by atoms with Gasteiger partial charge in [0.2, 0.25) is 0 Å². The highest BCUT2D eigenvalue weighted by Crippen LogP contribution is 2.35. The van der Waals surface area contributed by atoms with Gasteiger partial charge in [0.15, 0.2) is 5.78 Å². The van der Waals surface area contributed by atoms with Gasteiger partial charge in [0.25, 0.3) is 0 Å². The van der Waals surface area contributed by atoms with Gasteiger partial charge in [-0.25, -0.2) is 4.57 Å². The summed E-state index contributed by atoms with van der Waals surface area (Å²) in [5.41, 5.74) is 7.95. The number of carbonyl (C=O) groups is 1. The zero-order valence-corrected chi connectivity index (χ0v) is 9.79.